The molecule has 0 heterocycles. The van der Waals surface area contributed by atoms with Crippen LogP contribution in [0.5, 0.6) is 0 Å². The molecule has 0 amide bonds. The van der Waals surface area contributed by atoms with E-state index in [0.717, 1.165) is 154 Å². The average Bonchev–Trinajstić information content (AvgIpc) is 3.37. The van der Waals surface area contributed by atoms with Gasteiger partial charge in [-0.05, 0) is 116 Å². The highest BCUT2D eigenvalue weighted by atomic mass is 16.6. The Bertz CT molecular complexity index is 1640. The van der Waals surface area contributed by atoms with Crippen LogP contribution in [0.15, 0.2) is 158 Å². The molecule has 0 saturated carbocycles. The minimum atomic E-state index is -0.820. The molecule has 1 atom stereocenters. The van der Waals surface area contributed by atoms with Crippen LogP contribution >= 0.6 is 0 Å². The highest BCUT2D eigenvalue weighted by Crippen LogP contribution is 2.13. The maximum atomic E-state index is 12.9. The van der Waals surface area contributed by atoms with Crippen molar-refractivity contribution in [3.05, 3.63) is 158 Å². The van der Waals surface area contributed by atoms with Crippen molar-refractivity contribution in [2.75, 3.05) is 13.2 Å². The van der Waals surface area contributed by atoms with Crippen molar-refractivity contribution in [3.8, 4) is 0 Å². The van der Waals surface area contributed by atoms with E-state index in [1.165, 1.54) is 19.3 Å². The molecule has 0 aliphatic rings. The highest BCUT2D eigenvalue weighted by Gasteiger charge is 2.19. The van der Waals surface area contributed by atoms with Gasteiger partial charge in [0.1, 0.15) is 13.2 Å². The fourth-order valence-electron chi connectivity index (χ4n) is 6.98. The first kappa shape index (κ1) is 66.0. The SMILES string of the molecule is CC/C=C\C/C=C\C/C=C\C/C=C\CCCCCCCCC(=O)OCC(COC(=O)CCCCC/C=C\C/C=C\C/C=C\C/C=C\CC)OC(=O)CCCCCCC\C=C/C=C\C=C/C=C\C=C/CCC. The van der Waals surface area contributed by atoms with Gasteiger partial charge in [-0.25, -0.2) is 0 Å². The Morgan fingerprint density at radius 2 is 0.606 bits per heavy atom. The molecule has 0 radical (unpaired) electrons. The summed E-state index contributed by atoms with van der Waals surface area (Å²) in [6.45, 7) is 6.24. The molecule has 0 aromatic rings. The lowest BCUT2D eigenvalue weighted by Gasteiger charge is -2.18. The molecule has 0 aliphatic heterocycles. The summed E-state index contributed by atoms with van der Waals surface area (Å²) < 4.78 is 16.8. The number of ether oxygens (including phenoxy) is 3. The van der Waals surface area contributed by atoms with E-state index in [2.05, 4.69) is 142 Å². The Morgan fingerprint density at radius 3 is 1.00 bits per heavy atom. The Balaban J connectivity index is 4.56. The summed E-state index contributed by atoms with van der Waals surface area (Å²) >= 11 is 0. The van der Waals surface area contributed by atoms with Crippen LogP contribution in [-0.2, 0) is 28.6 Å². The first-order valence-corrected chi connectivity index (χ1v) is 28.1. The third kappa shape index (κ3) is 55.8. The lowest BCUT2D eigenvalue weighted by molar-refractivity contribution is -0.167. The maximum absolute atomic E-state index is 12.9. The summed E-state index contributed by atoms with van der Waals surface area (Å²) in [5.74, 6) is -0.993. The van der Waals surface area contributed by atoms with E-state index in [4.69, 9.17) is 14.2 Å². The van der Waals surface area contributed by atoms with Crippen LogP contribution in [-0.4, -0.2) is 37.2 Å². The third-order valence-electron chi connectivity index (χ3n) is 11.1. The summed E-state index contributed by atoms with van der Waals surface area (Å²) in [6.07, 6.45) is 83.6. The lowest BCUT2D eigenvalue weighted by atomic mass is 10.1. The fourth-order valence-corrected chi connectivity index (χ4v) is 6.98. The van der Waals surface area contributed by atoms with Gasteiger partial charge >= 0.3 is 17.9 Å². The Morgan fingerprint density at radius 1 is 0.310 bits per heavy atom. The second kappa shape index (κ2) is 57.6. The summed E-state index contributed by atoms with van der Waals surface area (Å²) in [7, 11) is 0. The van der Waals surface area contributed by atoms with Crippen molar-refractivity contribution >= 4 is 17.9 Å². The number of hydrogen-bond donors (Lipinski definition) is 0. The van der Waals surface area contributed by atoms with Crippen LogP contribution in [0.3, 0.4) is 0 Å². The largest absolute Gasteiger partial charge is 0.462 e. The second-order valence-electron chi connectivity index (χ2n) is 17.8. The minimum Gasteiger partial charge on any atom is -0.462 e. The van der Waals surface area contributed by atoms with Gasteiger partial charge < -0.3 is 14.2 Å². The van der Waals surface area contributed by atoms with Crippen molar-refractivity contribution in [1.82, 2.24) is 0 Å². The van der Waals surface area contributed by atoms with Crippen molar-refractivity contribution in [3.63, 3.8) is 0 Å². The van der Waals surface area contributed by atoms with Crippen LogP contribution < -0.4 is 0 Å². The Hall–Kier alpha value is -4.97. The van der Waals surface area contributed by atoms with Gasteiger partial charge in [0.25, 0.3) is 0 Å². The molecule has 0 saturated heterocycles. The number of hydrogen-bond acceptors (Lipinski definition) is 6. The van der Waals surface area contributed by atoms with Gasteiger partial charge in [-0.1, -0.05) is 237 Å². The first-order chi connectivity index (χ1) is 35.0. The number of esters is 3. The van der Waals surface area contributed by atoms with Crippen LogP contribution in [0.25, 0.3) is 0 Å². The molecular formula is C65H100O6. The van der Waals surface area contributed by atoms with Crippen LogP contribution in [0.1, 0.15) is 213 Å². The zero-order valence-corrected chi connectivity index (χ0v) is 45.2. The zero-order chi connectivity index (χ0) is 51.4. The van der Waals surface area contributed by atoms with E-state index in [-0.39, 0.29) is 37.5 Å². The third-order valence-corrected chi connectivity index (χ3v) is 11.1. The van der Waals surface area contributed by atoms with Crippen LogP contribution in [0.2, 0.25) is 0 Å². The molecule has 396 valence electrons. The van der Waals surface area contributed by atoms with E-state index >= 15 is 0 Å². The first-order valence-electron chi connectivity index (χ1n) is 28.1. The van der Waals surface area contributed by atoms with E-state index in [1.54, 1.807) is 0 Å². The molecule has 0 N–H and O–H groups in total. The Kier molecular flexibility index (Phi) is 53.6. The van der Waals surface area contributed by atoms with E-state index in [9.17, 15) is 14.4 Å². The second-order valence-corrected chi connectivity index (χ2v) is 17.8. The molecule has 1 unspecified atom stereocenters. The van der Waals surface area contributed by atoms with Gasteiger partial charge in [0.05, 0.1) is 0 Å². The smallest absolute Gasteiger partial charge is 0.306 e. The van der Waals surface area contributed by atoms with Gasteiger partial charge in [-0.3, -0.25) is 14.4 Å². The molecule has 71 heavy (non-hydrogen) atoms. The standard InChI is InChI=1S/C65H100O6/c1-4-7-10-13-16-19-22-25-28-31-33-35-37-40-43-46-49-52-55-58-64(67)70-61-62(60-69-63(66)57-54-51-48-45-42-39-36-30-27-24-21-18-15-12-9-6-3)71-65(68)59-56-53-50-47-44-41-38-34-32-29-26-23-20-17-14-11-8-5-2/h7,9-12,14,16-21,23,25-30,32-35,38-39,42,62H,4-6,8,13,15,22,24,31,36-37,40-41,43-61H2,1-3H3/b10-7-,12-9-,14-11-,19-16-,20-17-,21-18-,26-23-,28-25-,30-27-,32-29-,35-33-,38-34-,42-39-. The number of carbonyl (C=O) groups is 3. The normalized spacial score (nSPS) is 13.3. The minimum absolute atomic E-state index is 0.114. The quantitative estimate of drug-likeness (QED) is 0.0199. The lowest BCUT2D eigenvalue weighted by Crippen LogP contribution is -2.30. The predicted octanol–water partition coefficient (Wildman–Crippen LogP) is 19.0. The molecule has 6 nitrogen and oxygen atoms in total. The molecule has 0 fully saturated rings. The molecule has 0 aromatic carbocycles. The van der Waals surface area contributed by atoms with E-state index in [1.807, 2.05) is 36.5 Å². The molecule has 0 spiro atoms. The van der Waals surface area contributed by atoms with Crippen molar-refractivity contribution in [2.45, 2.75) is 219 Å². The topological polar surface area (TPSA) is 78.9 Å². The molecule has 0 aromatic heterocycles. The molecular weight excluding hydrogens is 877 g/mol. The van der Waals surface area contributed by atoms with E-state index < -0.39 is 6.10 Å². The van der Waals surface area contributed by atoms with Crippen molar-refractivity contribution in [2.24, 2.45) is 0 Å². The Labute approximate surface area is 435 Å². The summed E-state index contributed by atoms with van der Waals surface area (Å²) in [6, 6.07) is 0. The molecule has 6 heteroatoms. The highest BCUT2D eigenvalue weighted by molar-refractivity contribution is 5.71. The molecule has 0 aliphatic carbocycles. The van der Waals surface area contributed by atoms with Crippen LogP contribution in [0, 0.1) is 0 Å². The van der Waals surface area contributed by atoms with Gasteiger partial charge in [0.2, 0.25) is 0 Å². The van der Waals surface area contributed by atoms with Crippen molar-refractivity contribution in [1.29, 1.82) is 0 Å². The van der Waals surface area contributed by atoms with Gasteiger partial charge in [-0.15, -0.1) is 0 Å². The number of unbranched alkanes of at least 4 members (excludes halogenated alkanes) is 15. The summed E-state index contributed by atoms with van der Waals surface area (Å²) in [5.41, 5.74) is 0. The van der Waals surface area contributed by atoms with Crippen LogP contribution in [0.4, 0.5) is 0 Å². The monoisotopic (exact) mass is 977 g/mol. The van der Waals surface area contributed by atoms with Gasteiger partial charge in [0, 0.05) is 19.3 Å². The average molecular weight is 978 g/mol. The molecule has 0 rings (SSSR count). The summed E-state index contributed by atoms with van der Waals surface area (Å²) in [4.78, 5) is 38.2. The van der Waals surface area contributed by atoms with Crippen molar-refractivity contribution < 1.29 is 28.6 Å². The predicted molar refractivity (Wildman–Crippen MR) is 306 cm³/mol. The summed E-state index contributed by atoms with van der Waals surface area (Å²) in [5, 5.41) is 0. The zero-order valence-electron chi connectivity index (χ0n) is 45.2. The fraction of sp³-hybridized carbons (Fsp3) is 0.554. The maximum Gasteiger partial charge on any atom is 0.306 e. The number of allylic oxidation sites excluding steroid dienone is 26. The van der Waals surface area contributed by atoms with Gasteiger partial charge in [-0.2, -0.15) is 0 Å². The number of carbonyl (C=O) groups excluding carboxylic acids is 3. The molecule has 0 bridgehead atoms. The van der Waals surface area contributed by atoms with E-state index in [0.29, 0.717) is 12.8 Å². The van der Waals surface area contributed by atoms with Gasteiger partial charge in [0.15, 0.2) is 6.10 Å². The number of rotatable bonds is 48.